The van der Waals surface area contributed by atoms with Crippen LogP contribution in [-0.4, -0.2) is 21.7 Å². The second-order valence-electron chi connectivity index (χ2n) is 6.46. The zero-order valence-electron chi connectivity index (χ0n) is 15.5. The molecule has 0 aliphatic carbocycles. The quantitative estimate of drug-likeness (QED) is 0.350. The maximum Gasteiger partial charge on any atom is 0.255 e. The van der Waals surface area contributed by atoms with Crippen LogP contribution in [-0.2, 0) is 0 Å². The summed E-state index contributed by atoms with van der Waals surface area (Å²) in [6, 6.07) is 10.3. The highest BCUT2D eigenvalue weighted by molar-refractivity contribution is 6.31. The van der Waals surface area contributed by atoms with Crippen molar-refractivity contribution in [1.82, 2.24) is 9.97 Å². The van der Waals surface area contributed by atoms with Gasteiger partial charge in [-0.1, -0.05) is 17.7 Å². The number of nitrogens with zero attached hydrogens (tertiary/aromatic N) is 2. The molecule has 0 atom stereocenters. The van der Waals surface area contributed by atoms with E-state index in [4.69, 9.17) is 11.6 Å². The number of hydrogen-bond acceptors (Lipinski definition) is 4. The number of ketones is 1. The molecule has 0 spiro atoms. The Kier molecular flexibility index (Phi) is 5.39. The second kappa shape index (κ2) is 8.16. The summed E-state index contributed by atoms with van der Waals surface area (Å²) in [5.74, 6) is -6.52. The maximum absolute atomic E-state index is 14.7. The van der Waals surface area contributed by atoms with Gasteiger partial charge in [0.15, 0.2) is 17.4 Å². The average Bonchev–Trinajstić information content (AvgIpc) is 2.76. The molecule has 5 nitrogen and oxygen atoms in total. The van der Waals surface area contributed by atoms with E-state index in [2.05, 4.69) is 15.3 Å². The van der Waals surface area contributed by atoms with Crippen molar-refractivity contribution in [2.75, 3.05) is 5.32 Å². The fraction of sp³-hybridized carbons (Fsp3) is 0. The van der Waals surface area contributed by atoms with Crippen LogP contribution in [0.2, 0.25) is 5.02 Å². The third-order valence-corrected chi connectivity index (χ3v) is 4.69. The number of halogens is 4. The van der Waals surface area contributed by atoms with Gasteiger partial charge in [0.05, 0.1) is 22.3 Å². The fourth-order valence-electron chi connectivity index (χ4n) is 2.97. The Labute approximate surface area is 178 Å². The number of amides is 1. The van der Waals surface area contributed by atoms with E-state index in [9.17, 15) is 22.8 Å². The van der Waals surface area contributed by atoms with Gasteiger partial charge < -0.3 is 5.32 Å². The van der Waals surface area contributed by atoms with Crippen LogP contribution in [0.5, 0.6) is 0 Å². The number of carbonyl (C=O) groups excluding carboxylic acids is 2. The summed E-state index contributed by atoms with van der Waals surface area (Å²) >= 11 is 5.80. The van der Waals surface area contributed by atoms with Gasteiger partial charge in [-0.25, -0.2) is 13.2 Å². The number of nitrogens with one attached hydrogen (secondary N) is 1. The molecule has 154 valence electrons. The van der Waals surface area contributed by atoms with E-state index in [-0.39, 0.29) is 16.1 Å². The molecule has 0 saturated heterocycles. The maximum atomic E-state index is 14.7. The van der Waals surface area contributed by atoms with E-state index >= 15 is 0 Å². The zero-order valence-corrected chi connectivity index (χ0v) is 16.3. The minimum atomic E-state index is -1.72. The predicted molar refractivity (Wildman–Crippen MR) is 109 cm³/mol. The number of hydrogen-bond donors (Lipinski definition) is 1. The van der Waals surface area contributed by atoms with Crippen molar-refractivity contribution < 1.29 is 22.8 Å². The summed E-state index contributed by atoms with van der Waals surface area (Å²) in [6.07, 6.45) is 2.85. The van der Waals surface area contributed by atoms with E-state index < -0.39 is 40.4 Å². The first-order chi connectivity index (χ1) is 14.8. The molecule has 1 amide bonds. The van der Waals surface area contributed by atoms with Gasteiger partial charge in [0.1, 0.15) is 5.82 Å². The minimum absolute atomic E-state index is 0.0603. The van der Waals surface area contributed by atoms with Crippen molar-refractivity contribution in [3.8, 4) is 0 Å². The van der Waals surface area contributed by atoms with Crippen LogP contribution in [0.25, 0.3) is 11.0 Å². The Morgan fingerprint density at radius 2 is 1.58 bits per heavy atom. The molecule has 1 aromatic heterocycles. The first-order valence-electron chi connectivity index (χ1n) is 8.85. The summed E-state index contributed by atoms with van der Waals surface area (Å²) in [4.78, 5) is 33.0. The van der Waals surface area contributed by atoms with Crippen molar-refractivity contribution in [3.63, 3.8) is 0 Å². The van der Waals surface area contributed by atoms with E-state index in [1.165, 1.54) is 54.9 Å². The number of rotatable bonds is 4. The van der Waals surface area contributed by atoms with Gasteiger partial charge in [0.2, 0.25) is 0 Å². The summed E-state index contributed by atoms with van der Waals surface area (Å²) in [7, 11) is 0. The number of anilines is 1. The smallest absolute Gasteiger partial charge is 0.255 e. The lowest BCUT2D eigenvalue weighted by molar-refractivity contribution is 0.102. The molecule has 3 aromatic carbocycles. The molecule has 0 radical (unpaired) electrons. The van der Waals surface area contributed by atoms with Gasteiger partial charge in [-0.15, -0.1) is 0 Å². The highest BCUT2D eigenvalue weighted by Crippen LogP contribution is 2.27. The highest BCUT2D eigenvalue weighted by Gasteiger charge is 2.26. The SMILES string of the molecule is O=C(Nc1cc(F)c(C(=O)c2ccc3nccnc3c2)c(F)c1F)c1cccc(Cl)c1. The van der Waals surface area contributed by atoms with Crippen LogP contribution in [0, 0.1) is 17.5 Å². The Hall–Kier alpha value is -3.78. The van der Waals surface area contributed by atoms with E-state index in [0.29, 0.717) is 17.1 Å². The summed E-state index contributed by atoms with van der Waals surface area (Å²) in [5, 5.41) is 2.34. The van der Waals surface area contributed by atoms with E-state index in [1.807, 2.05) is 0 Å². The summed E-state index contributed by atoms with van der Waals surface area (Å²) < 4.78 is 43.9. The van der Waals surface area contributed by atoms with Gasteiger partial charge >= 0.3 is 0 Å². The van der Waals surface area contributed by atoms with E-state index in [1.54, 1.807) is 0 Å². The molecule has 1 heterocycles. The molecule has 0 fully saturated rings. The molecule has 1 N–H and O–H groups in total. The average molecular weight is 442 g/mol. The molecule has 4 aromatic rings. The lowest BCUT2D eigenvalue weighted by Crippen LogP contribution is -2.16. The molecule has 0 aliphatic rings. The van der Waals surface area contributed by atoms with Gasteiger partial charge in [-0.05, 0) is 36.4 Å². The fourth-order valence-corrected chi connectivity index (χ4v) is 3.16. The largest absolute Gasteiger partial charge is 0.319 e. The molecule has 0 aliphatic heterocycles. The van der Waals surface area contributed by atoms with Crippen molar-refractivity contribution in [2.45, 2.75) is 0 Å². The second-order valence-corrected chi connectivity index (χ2v) is 6.90. The molecular formula is C22H11ClF3N3O2. The molecule has 31 heavy (non-hydrogen) atoms. The summed E-state index contributed by atoms with van der Waals surface area (Å²) in [5.41, 5.74) is -1.06. The Morgan fingerprint density at radius 3 is 2.32 bits per heavy atom. The summed E-state index contributed by atoms with van der Waals surface area (Å²) in [6.45, 7) is 0. The Bertz CT molecular complexity index is 1360. The molecule has 4 rings (SSSR count). The highest BCUT2D eigenvalue weighted by atomic mass is 35.5. The molecule has 9 heteroatoms. The number of benzene rings is 3. The molecule has 0 saturated carbocycles. The normalized spacial score (nSPS) is 10.8. The van der Waals surface area contributed by atoms with Crippen molar-refractivity contribution >= 4 is 40.0 Å². The van der Waals surface area contributed by atoms with Gasteiger partial charge in [0.25, 0.3) is 5.91 Å². The predicted octanol–water partition coefficient (Wildman–Crippen LogP) is 5.18. The first-order valence-corrected chi connectivity index (χ1v) is 9.23. The van der Waals surface area contributed by atoms with Crippen LogP contribution in [0.4, 0.5) is 18.9 Å². The lowest BCUT2D eigenvalue weighted by Gasteiger charge is -2.11. The van der Waals surface area contributed by atoms with Crippen molar-refractivity contribution in [2.24, 2.45) is 0 Å². The topological polar surface area (TPSA) is 72.0 Å². The van der Waals surface area contributed by atoms with Crippen LogP contribution in [0.15, 0.2) is 60.9 Å². The minimum Gasteiger partial charge on any atom is -0.319 e. The monoisotopic (exact) mass is 441 g/mol. The lowest BCUT2D eigenvalue weighted by atomic mass is 10.0. The number of aromatic nitrogens is 2. The molecule has 0 unspecified atom stereocenters. The van der Waals surface area contributed by atoms with Gasteiger partial charge in [0, 0.05) is 34.6 Å². The van der Waals surface area contributed by atoms with Crippen LogP contribution >= 0.6 is 11.6 Å². The third kappa shape index (κ3) is 3.97. The Balaban J connectivity index is 1.69. The standard InChI is InChI=1S/C22H11ClF3N3O2/c23-13-3-1-2-12(8-13)22(31)29-17-10-14(24)18(20(26)19(17)25)21(30)11-4-5-15-16(9-11)28-7-6-27-15/h1-10H,(H,29,31). The Morgan fingerprint density at radius 1 is 0.839 bits per heavy atom. The number of carbonyl (C=O) groups is 2. The first kappa shape index (κ1) is 20.5. The van der Waals surface area contributed by atoms with Crippen LogP contribution in [0.3, 0.4) is 0 Å². The molecule has 0 bridgehead atoms. The van der Waals surface area contributed by atoms with Gasteiger partial charge in [-0.2, -0.15) is 0 Å². The molecular weight excluding hydrogens is 431 g/mol. The van der Waals surface area contributed by atoms with Crippen LogP contribution < -0.4 is 5.32 Å². The third-order valence-electron chi connectivity index (χ3n) is 4.45. The number of fused-ring (bicyclic) bond motifs is 1. The van der Waals surface area contributed by atoms with Crippen molar-refractivity contribution in [3.05, 3.63) is 100 Å². The van der Waals surface area contributed by atoms with Crippen molar-refractivity contribution in [1.29, 1.82) is 0 Å². The van der Waals surface area contributed by atoms with Crippen LogP contribution in [0.1, 0.15) is 26.3 Å². The zero-order chi connectivity index (χ0) is 22.1. The van der Waals surface area contributed by atoms with Gasteiger partial charge in [-0.3, -0.25) is 19.6 Å². The van der Waals surface area contributed by atoms with E-state index in [0.717, 1.165) is 0 Å².